The Labute approximate surface area is 387 Å². The third kappa shape index (κ3) is 12.9. The summed E-state index contributed by atoms with van der Waals surface area (Å²) in [5.74, 6) is 2.01. The van der Waals surface area contributed by atoms with E-state index in [1.165, 1.54) is 58.5 Å². The smallest absolute Gasteiger partial charge is 0.173 e. The van der Waals surface area contributed by atoms with E-state index in [0.29, 0.717) is 9.16 Å². The molecular weight excluding hydrogens is 861 g/mol. The van der Waals surface area contributed by atoms with E-state index in [1.807, 2.05) is 103 Å². The largest absolute Gasteiger partial charge is 0.208 e. The molecule has 9 rings (SSSR count). The summed E-state index contributed by atoms with van der Waals surface area (Å²) in [6, 6.07) is 46.0. The zero-order valence-corrected chi connectivity index (χ0v) is 39.5. The van der Waals surface area contributed by atoms with Crippen molar-refractivity contribution in [1.29, 1.82) is 0 Å². The molecule has 0 aliphatic carbocycles. The van der Waals surface area contributed by atoms with E-state index >= 15 is 0 Å². The molecule has 0 N–H and O–H groups in total. The van der Waals surface area contributed by atoms with Crippen molar-refractivity contribution in [3.63, 3.8) is 0 Å². The Kier molecular flexibility index (Phi) is 15.5. The van der Waals surface area contributed by atoms with E-state index < -0.39 is 0 Å². The lowest BCUT2D eigenvalue weighted by atomic mass is 10.1. The first-order valence-electron chi connectivity index (χ1n) is 20.3. The standard InChI is InChI=1S/C44H42N4S6.C7H8/c1-45-19-11-37(12-20-45)39-15-23-47(24-16-39)27-33-3-7-35(8-4-33)29-49-41-31-51-43(53-41)44-52-32-42(54-44)50-30-36-9-5-34(6-10-36)28-48-25-17-40(18-26-48)38-13-21-46(2)22-14-38;1-7-5-3-2-4-6-7/h3-26,31-32,43-44H,27-30H2,1-2H3;2-6H,1H3/q+4;. The number of benzene rings is 3. The number of aromatic nitrogens is 4. The summed E-state index contributed by atoms with van der Waals surface area (Å²) in [5.41, 5.74) is 11.7. The second-order valence-electron chi connectivity index (χ2n) is 15.0. The molecule has 2 atom stereocenters. The third-order valence-corrected chi connectivity index (χ3v) is 19.3. The Bertz CT molecular complexity index is 2370. The minimum atomic E-state index is 0.550. The molecular formula is C51H50N4S6+4. The van der Waals surface area contributed by atoms with Crippen molar-refractivity contribution in [2.24, 2.45) is 14.1 Å². The van der Waals surface area contributed by atoms with Crippen molar-refractivity contribution in [3.8, 4) is 22.3 Å². The van der Waals surface area contributed by atoms with Gasteiger partial charge in [-0.3, -0.25) is 0 Å². The van der Waals surface area contributed by atoms with Crippen molar-refractivity contribution >= 4 is 70.6 Å². The van der Waals surface area contributed by atoms with Crippen LogP contribution in [0.15, 0.2) is 196 Å². The minimum Gasteiger partial charge on any atom is -0.208 e. The summed E-state index contributed by atoms with van der Waals surface area (Å²) >= 11 is 12.0. The Hall–Kier alpha value is -4.16. The molecule has 0 fully saturated rings. The lowest BCUT2D eigenvalue weighted by molar-refractivity contribution is -0.688. The summed E-state index contributed by atoms with van der Waals surface area (Å²) in [6.45, 7) is 3.83. The van der Waals surface area contributed by atoms with Gasteiger partial charge >= 0.3 is 0 Å². The molecule has 0 spiro atoms. The van der Waals surface area contributed by atoms with Gasteiger partial charge in [0.05, 0.1) is 9.16 Å². The maximum atomic E-state index is 2.38. The third-order valence-electron chi connectivity index (χ3n) is 10.2. The number of nitrogens with zero attached hydrogens (tertiary/aromatic N) is 4. The van der Waals surface area contributed by atoms with Gasteiger partial charge in [0.1, 0.15) is 14.1 Å². The predicted octanol–water partition coefficient (Wildman–Crippen LogP) is 11.7. The number of aryl methyl sites for hydroxylation is 3. The Morgan fingerprint density at radius 2 is 0.770 bits per heavy atom. The number of rotatable bonds is 13. The van der Waals surface area contributed by atoms with Crippen LogP contribution in [-0.2, 0) is 38.7 Å². The lowest BCUT2D eigenvalue weighted by Crippen LogP contribution is -2.33. The zero-order chi connectivity index (χ0) is 41.8. The van der Waals surface area contributed by atoms with Crippen LogP contribution in [-0.4, -0.2) is 9.16 Å². The van der Waals surface area contributed by atoms with Gasteiger partial charge in [0.25, 0.3) is 0 Å². The van der Waals surface area contributed by atoms with Gasteiger partial charge in [-0.25, -0.2) is 18.3 Å². The van der Waals surface area contributed by atoms with Crippen molar-refractivity contribution in [3.05, 3.63) is 224 Å². The van der Waals surface area contributed by atoms with Gasteiger partial charge in [-0.15, -0.1) is 70.6 Å². The van der Waals surface area contributed by atoms with E-state index in [9.17, 15) is 0 Å². The minimum absolute atomic E-state index is 0.550. The quantitative estimate of drug-likeness (QED) is 0.106. The van der Waals surface area contributed by atoms with Gasteiger partial charge in [-0.1, -0.05) is 84.4 Å². The van der Waals surface area contributed by atoms with Crippen molar-refractivity contribution in [2.45, 2.75) is 40.7 Å². The van der Waals surface area contributed by atoms with Crippen LogP contribution in [0, 0.1) is 6.92 Å². The molecule has 0 radical (unpaired) electrons. The first-order valence-corrected chi connectivity index (χ1v) is 25.9. The molecule has 306 valence electrons. The number of hydrogen-bond acceptors (Lipinski definition) is 6. The predicted molar refractivity (Wildman–Crippen MR) is 265 cm³/mol. The van der Waals surface area contributed by atoms with E-state index in [-0.39, 0.29) is 0 Å². The normalized spacial score (nSPS) is 15.8. The van der Waals surface area contributed by atoms with Crippen LogP contribution in [0.1, 0.15) is 27.8 Å². The molecule has 7 aromatic rings. The second kappa shape index (κ2) is 21.8. The van der Waals surface area contributed by atoms with E-state index in [4.69, 9.17) is 0 Å². The summed E-state index contributed by atoms with van der Waals surface area (Å²) in [6.07, 6.45) is 17.1. The average molecular weight is 911 g/mol. The second-order valence-corrected chi connectivity index (χ2v) is 22.6. The topological polar surface area (TPSA) is 15.5 Å². The summed E-state index contributed by atoms with van der Waals surface area (Å²) in [4.78, 5) is 0. The molecule has 0 bridgehead atoms. The molecule has 2 unspecified atom stereocenters. The fourth-order valence-corrected chi connectivity index (χ4v) is 15.4. The maximum absolute atomic E-state index is 2.38. The van der Waals surface area contributed by atoms with Gasteiger partial charge in [-0.2, -0.15) is 0 Å². The van der Waals surface area contributed by atoms with Crippen LogP contribution < -0.4 is 18.3 Å². The molecule has 2 aliphatic heterocycles. The highest BCUT2D eigenvalue weighted by Crippen LogP contribution is 2.57. The van der Waals surface area contributed by atoms with Crippen molar-refractivity contribution in [1.82, 2.24) is 0 Å². The molecule has 0 saturated heterocycles. The Balaban J connectivity index is 0.000000668. The molecule has 10 heteroatoms. The number of pyridine rings is 4. The van der Waals surface area contributed by atoms with Crippen LogP contribution in [0.2, 0.25) is 0 Å². The summed E-state index contributed by atoms with van der Waals surface area (Å²) < 4.78 is 12.6. The van der Waals surface area contributed by atoms with Gasteiger partial charge < -0.3 is 0 Å². The first kappa shape index (κ1) is 43.5. The first-order chi connectivity index (χ1) is 29.9. The fraction of sp³-hybridized carbons (Fsp3) is 0.176. The van der Waals surface area contributed by atoms with E-state index in [1.54, 1.807) is 0 Å². The molecule has 4 nitrogen and oxygen atoms in total. The molecule has 0 amide bonds. The molecule has 0 saturated carbocycles. The van der Waals surface area contributed by atoms with Crippen LogP contribution in [0.3, 0.4) is 0 Å². The van der Waals surface area contributed by atoms with Crippen LogP contribution in [0.5, 0.6) is 0 Å². The fourth-order valence-electron chi connectivity index (χ4n) is 6.60. The SMILES string of the molecule is C[n+]1ccc(-c2cc[n+](Cc3ccc(CSC4=CSC(C5SC=C(SCc6ccc(C[n+]7ccc(-c8cc[n+](C)cc8)cc7)cc6)S5)S4)cc3)cc2)cc1.Cc1ccccc1. The Morgan fingerprint density at radius 1 is 0.426 bits per heavy atom. The lowest BCUT2D eigenvalue weighted by Gasteiger charge is -2.16. The van der Waals surface area contributed by atoms with Crippen LogP contribution in [0.25, 0.3) is 22.3 Å². The highest BCUT2D eigenvalue weighted by atomic mass is 32.2. The summed E-state index contributed by atoms with van der Waals surface area (Å²) in [5, 5.41) is 4.77. The van der Waals surface area contributed by atoms with Crippen LogP contribution >= 0.6 is 70.6 Å². The number of thioether (sulfide) groups is 6. The van der Waals surface area contributed by atoms with Crippen molar-refractivity contribution < 1.29 is 18.3 Å². The zero-order valence-electron chi connectivity index (χ0n) is 34.6. The van der Waals surface area contributed by atoms with Crippen molar-refractivity contribution in [2.75, 3.05) is 0 Å². The molecule has 6 heterocycles. The molecule has 61 heavy (non-hydrogen) atoms. The van der Waals surface area contributed by atoms with Gasteiger partial charge in [0.2, 0.25) is 0 Å². The highest BCUT2D eigenvalue weighted by Gasteiger charge is 2.32. The monoisotopic (exact) mass is 910 g/mol. The van der Waals surface area contributed by atoms with E-state index in [0.717, 1.165) is 24.6 Å². The van der Waals surface area contributed by atoms with Crippen LogP contribution in [0.4, 0.5) is 0 Å². The van der Waals surface area contributed by atoms with Gasteiger partial charge in [0, 0.05) is 79.6 Å². The van der Waals surface area contributed by atoms with E-state index in [2.05, 4.69) is 195 Å². The van der Waals surface area contributed by atoms with Gasteiger partial charge in [-0.05, 0) is 51.1 Å². The summed E-state index contributed by atoms with van der Waals surface area (Å²) in [7, 11) is 4.09. The van der Waals surface area contributed by atoms with Gasteiger partial charge in [0.15, 0.2) is 62.7 Å². The highest BCUT2D eigenvalue weighted by molar-refractivity contribution is 8.36. The average Bonchev–Trinajstić information content (AvgIpc) is 3.98. The maximum Gasteiger partial charge on any atom is 0.173 e. The molecule has 4 aromatic heterocycles. The number of hydrogen-bond donors (Lipinski definition) is 0. The molecule has 2 aliphatic rings. The Morgan fingerprint density at radius 3 is 1.11 bits per heavy atom. The molecule has 3 aromatic carbocycles.